The highest BCUT2D eigenvalue weighted by atomic mass is 79.9. The van der Waals surface area contributed by atoms with Crippen LogP contribution in [0.25, 0.3) is 0 Å². The highest BCUT2D eigenvalue weighted by Gasteiger charge is 2.19. The lowest BCUT2D eigenvalue weighted by atomic mass is 9.99. The lowest BCUT2D eigenvalue weighted by molar-refractivity contribution is 0.182. The van der Waals surface area contributed by atoms with E-state index in [0.717, 1.165) is 25.8 Å². The van der Waals surface area contributed by atoms with Gasteiger partial charge in [0.15, 0.2) is 0 Å². The van der Waals surface area contributed by atoms with Crippen LogP contribution in [0.3, 0.4) is 0 Å². The number of rotatable bonds is 5. The van der Waals surface area contributed by atoms with Gasteiger partial charge in [0.1, 0.15) is 0 Å². The van der Waals surface area contributed by atoms with Gasteiger partial charge in [-0.2, -0.15) is 5.10 Å². The molecule has 1 atom stereocenters. The van der Waals surface area contributed by atoms with Crippen molar-refractivity contribution in [3.05, 3.63) is 50.2 Å². The van der Waals surface area contributed by atoms with E-state index in [9.17, 15) is 0 Å². The second-order valence-corrected chi connectivity index (χ2v) is 6.34. The summed E-state index contributed by atoms with van der Waals surface area (Å²) >= 11 is 7.01. The molecule has 0 aliphatic rings. The van der Waals surface area contributed by atoms with Crippen LogP contribution < -0.4 is 5.73 Å². The fourth-order valence-electron chi connectivity index (χ4n) is 2.17. The Morgan fingerprint density at radius 1 is 1.40 bits per heavy atom. The van der Waals surface area contributed by atoms with Crippen molar-refractivity contribution in [1.29, 1.82) is 0 Å². The minimum Gasteiger partial charge on any atom is -0.383 e. The summed E-state index contributed by atoms with van der Waals surface area (Å²) in [6.07, 6.45) is 1.78. The normalized spacial score (nSPS) is 12.7. The molecule has 0 spiro atoms. The Morgan fingerprint density at radius 2 is 2.15 bits per heavy atom. The Labute approximate surface area is 135 Å². The van der Waals surface area contributed by atoms with Crippen molar-refractivity contribution < 1.29 is 4.74 Å². The zero-order chi connectivity index (χ0) is 14.7. The van der Waals surface area contributed by atoms with Gasteiger partial charge in [-0.25, -0.2) is 0 Å². The Balaban J connectivity index is 2.37. The second kappa shape index (κ2) is 6.85. The van der Waals surface area contributed by atoms with Crippen molar-refractivity contribution in [2.24, 2.45) is 5.73 Å². The fourth-order valence-corrected chi connectivity index (χ4v) is 3.19. The minimum absolute atomic E-state index is 0.225. The summed E-state index contributed by atoms with van der Waals surface area (Å²) < 4.78 is 8.97. The van der Waals surface area contributed by atoms with Gasteiger partial charge in [-0.05, 0) is 46.1 Å². The van der Waals surface area contributed by atoms with Crippen LogP contribution in [0.1, 0.15) is 22.9 Å². The SMILES string of the molecule is COCCn1ncc(Br)c1C(N)c1ccc(Br)cc1C. The topological polar surface area (TPSA) is 53.1 Å². The minimum atomic E-state index is -0.225. The number of halogens is 2. The third-order valence-electron chi connectivity index (χ3n) is 3.20. The molecule has 2 aromatic rings. The highest BCUT2D eigenvalue weighted by molar-refractivity contribution is 9.10. The summed E-state index contributed by atoms with van der Waals surface area (Å²) in [5, 5.41) is 4.35. The molecule has 6 heteroatoms. The molecule has 1 aromatic heterocycles. The van der Waals surface area contributed by atoms with Crippen LogP contribution in [0.2, 0.25) is 0 Å². The van der Waals surface area contributed by atoms with Crippen LogP contribution in [0, 0.1) is 6.92 Å². The Hall–Kier alpha value is -0.690. The number of ether oxygens (including phenoxy) is 1. The third kappa shape index (κ3) is 3.31. The first-order valence-electron chi connectivity index (χ1n) is 6.26. The van der Waals surface area contributed by atoms with Gasteiger partial charge in [-0.3, -0.25) is 4.68 Å². The maximum atomic E-state index is 6.44. The van der Waals surface area contributed by atoms with Gasteiger partial charge in [0.25, 0.3) is 0 Å². The average molecular weight is 403 g/mol. The van der Waals surface area contributed by atoms with Gasteiger partial charge in [0, 0.05) is 11.6 Å². The van der Waals surface area contributed by atoms with E-state index in [1.54, 1.807) is 13.3 Å². The molecule has 1 aromatic carbocycles. The zero-order valence-electron chi connectivity index (χ0n) is 11.4. The van der Waals surface area contributed by atoms with Crippen LogP contribution in [0.4, 0.5) is 0 Å². The maximum Gasteiger partial charge on any atom is 0.0740 e. The van der Waals surface area contributed by atoms with E-state index >= 15 is 0 Å². The molecule has 0 amide bonds. The number of nitrogens with zero attached hydrogens (tertiary/aromatic N) is 2. The van der Waals surface area contributed by atoms with Crippen LogP contribution in [0.15, 0.2) is 33.3 Å². The van der Waals surface area contributed by atoms with E-state index in [2.05, 4.69) is 49.9 Å². The number of methoxy groups -OCH3 is 1. The molecule has 108 valence electrons. The number of hydrogen-bond donors (Lipinski definition) is 1. The molecule has 0 fully saturated rings. The summed E-state index contributed by atoms with van der Waals surface area (Å²) in [4.78, 5) is 0. The van der Waals surface area contributed by atoms with E-state index in [1.807, 2.05) is 16.8 Å². The van der Waals surface area contributed by atoms with Crippen LogP contribution in [-0.2, 0) is 11.3 Å². The molecule has 1 heterocycles. The highest BCUT2D eigenvalue weighted by Crippen LogP contribution is 2.29. The first-order valence-corrected chi connectivity index (χ1v) is 7.85. The van der Waals surface area contributed by atoms with Gasteiger partial charge in [-0.1, -0.05) is 22.0 Å². The van der Waals surface area contributed by atoms with Gasteiger partial charge in [-0.15, -0.1) is 0 Å². The van der Waals surface area contributed by atoms with Crippen molar-refractivity contribution in [2.45, 2.75) is 19.5 Å². The standard InChI is InChI=1S/C14H17Br2N3O/c1-9-7-10(15)3-4-11(9)13(17)14-12(16)8-18-19(14)5-6-20-2/h3-4,7-8,13H,5-6,17H2,1-2H3. The van der Waals surface area contributed by atoms with Gasteiger partial charge in [0.05, 0.1) is 35.6 Å². The molecule has 2 rings (SSSR count). The Bertz CT molecular complexity index is 598. The smallest absolute Gasteiger partial charge is 0.0740 e. The molecule has 0 bridgehead atoms. The molecular formula is C14H17Br2N3O. The maximum absolute atomic E-state index is 6.44. The molecular weight excluding hydrogens is 386 g/mol. The fraction of sp³-hybridized carbons (Fsp3) is 0.357. The summed E-state index contributed by atoms with van der Waals surface area (Å²) in [5.74, 6) is 0. The van der Waals surface area contributed by atoms with E-state index < -0.39 is 0 Å². The van der Waals surface area contributed by atoms with E-state index in [4.69, 9.17) is 10.5 Å². The van der Waals surface area contributed by atoms with E-state index in [1.165, 1.54) is 0 Å². The number of aromatic nitrogens is 2. The number of nitrogens with two attached hydrogens (primary N) is 1. The molecule has 0 radical (unpaired) electrons. The predicted molar refractivity (Wildman–Crippen MR) is 86.7 cm³/mol. The number of benzene rings is 1. The molecule has 20 heavy (non-hydrogen) atoms. The molecule has 2 N–H and O–H groups in total. The average Bonchev–Trinajstić information content (AvgIpc) is 2.77. The Morgan fingerprint density at radius 3 is 2.80 bits per heavy atom. The van der Waals surface area contributed by atoms with Crippen molar-refractivity contribution in [2.75, 3.05) is 13.7 Å². The summed E-state index contributed by atoms with van der Waals surface area (Å²) in [7, 11) is 1.68. The first-order chi connectivity index (χ1) is 9.54. The van der Waals surface area contributed by atoms with Crippen molar-refractivity contribution in [3.8, 4) is 0 Å². The predicted octanol–water partition coefficient (Wildman–Crippen LogP) is 3.41. The van der Waals surface area contributed by atoms with Crippen LogP contribution >= 0.6 is 31.9 Å². The van der Waals surface area contributed by atoms with E-state index in [-0.39, 0.29) is 6.04 Å². The molecule has 0 saturated heterocycles. The quantitative estimate of drug-likeness (QED) is 0.833. The van der Waals surface area contributed by atoms with Gasteiger partial charge >= 0.3 is 0 Å². The molecule has 1 unspecified atom stereocenters. The van der Waals surface area contributed by atoms with Gasteiger partial charge in [0.2, 0.25) is 0 Å². The van der Waals surface area contributed by atoms with Crippen LogP contribution in [0.5, 0.6) is 0 Å². The first kappa shape index (κ1) is 15.7. The molecule has 0 aliphatic heterocycles. The molecule has 4 nitrogen and oxygen atoms in total. The molecule has 0 aliphatic carbocycles. The number of aryl methyl sites for hydroxylation is 1. The summed E-state index contributed by atoms with van der Waals surface area (Å²) in [6.45, 7) is 3.34. The molecule has 0 saturated carbocycles. The number of hydrogen-bond acceptors (Lipinski definition) is 3. The third-order valence-corrected chi connectivity index (χ3v) is 4.31. The summed E-state index contributed by atoms with van der Waals surface area (Å²) in [6, 6.07) is 5.89. The summed E-state index contributed by atoms with van der Waals surface area (Å²) in [5.41, 5.74) is 9.65. The van der Waals surface area contributed by atoms with Crippen molar-refractivity contribution in [1.82, 2.24) is 9.78 Å². The monoisotopic (exact) mass is 401 g/mol. The largest absolute Gasteiger partial charge is 0.383 e. The lowest BCUT2D eigenvalue weighted by Crippen LogP contribution is -2.20. The Kier molecular flexibility index (Phi) is 5.37. The second-order valence-electron chi connectivity index (χ2n) is 4.57. The lowest BCUT2D eigenvalue weighted by Gasteiger charge is -2.17. The van der Waals surface area contributed by atoms with Crippen molar-refractivity contribution >= 4 is 31.9 Å². The van der Waals surface area contributed by atoms with Crippen molar-refractivity contribution in [3.63, 3.8) is 0 Å². The van der Waals surface area contributed by atoms with Gasteiger partial charge < -0.3 is 10.5 Å². The van der Waals surface area contributed by atoms with E-state index in [0.29, 0.717) is 13.2 Å². The zero-order valence-corrected chi connectivity index (χ0v) is 14.6. The van der Waals surface area contributed by atoms with Crippen LogP contribution in [-0.4, -0.2) is 23.5 Å².